The summed E-state index contributed by atoms with van der Waals surface area (Å²) >= 11 is 0. The van der Waals surface area contributed by atoms with Crippen molar-refractivity contribution in [1.29, 1.82) is 0 Å². The lowest BCUT2D eigenvalue weighted by molar-refractivity contribution is 0.584. The van der Waals surface area contributed by atoms with Crippen molar-refractivity contribution in [2.24, 2.45) is 5.10 Å². The summed E-state index contributed by atoms with van der Waals surface area (Å²) < 4.78 is 24.0. The summed E-state index contributed by atoms with van der Waals surface area (Å²) in [6.07, 6.45) is 4.63. The molecule has 98 valence electrons. The fourth-order valence-electron chi connectivity index (χ4n) is 1.53. The second-order valence-corrected chi connectivity index (χ2v) is 5.53. The molecule has 19 heavy (non-hydrogen) atoms. The minimum Gasteiger partial charge on any atom is -0.264 e. The molecule has 2 rings (SSSR count). The fourth-order valence-corrected chi connectivity index (χ4v) is 2.57. The molecule has 2 aromatic rings. The van der Waals surface area contributed by atoms with Crippen LogP contribution >= 0.6 is 0 Å². The molecule has 0 aliphatic carbocycles. The molecular formula is C13H13N3O2S. The van der Waals surface area contributed by atoms with E-state index in [1.165, 1.54) is 12.3 Å². The van der Waals surface area contributed by atoms with E-state index in [2.05, 4.69) is 14.9 Å². The summed E-state index contributed by atoms with van der Waals surface area (Å²) in [4.78, 5) is 6.30. The molecule has 0 unspecified atom stereocenters. The lowest BCUT2D eigenvalue weighted by atomic mass is 10.2. The number of pyridine rings is 1. The Balaban J connectivity index is 2.15. The second-order valence-electron chi connectivity index (χ2n) is 3.90. The van der Waals surface area contributed by atoms with Crippen molar-refractivity contribution in [3.8, 4) is 0 Å². The molecule has 6 heteroatoms. The van der Waals surface area contributed by atoms with Gasteiger partial charge in [0.1, 0.15) is 0 Å². The normalized spacial score (nSPS) is 11.6. The Morgan fingerprint density at radius 2 is 2.00 bits per heavy atom. The van der Waals surface area contributed by atoms with Crippen molar-refractivity contribution in [3.63, 3.8) is 0 Å². The number of hydrazone groups is 1. The molecule has 0 fully saturated rings. The van der Waals surface area contributed by atoms with Crippen molar-refractivity contribution in [3.05, 3.63) is 59.9 Å². The van der Waals surface area contributed by atoms with Gasteiger partial charge in [-0.05, 0) is 24.6 Å². The molecule has 0 amide bonds. The summed E-state index contributed by atoms with van der Waals surface area (Å²) in [5.74, 6) is 0. The van der Waals surface area contributed by atoms with E-state index in [4.69, 9.17) is 0 Å². The molecule has 0 radical (unpaired) electrons. The van der Waals surface area contributed by atoms with E-state index in [0.717, 1.165) is 5.56 Å². The number of benzene rings is 1. The predicted octanol–water partition coefficient (Wildman–Crippen LogP) is 1.70. The first kappa shape index (κ1) is 13.2. The lowest BCUT2D eigenvalue weighted by Gasteiger charge is -2.05. The fraction of sp³-hybridized carbons (Fsp3) is 0.0769. The van der Waals surface area contributed by atoms with Gasteiger partial charge in [-0.2, -0.15) is 13.5 Å². The van der Waals surface area contributed by atoms with Gasteiger partial charge in [0, 0.05) is 18.0 Å². The maximum absolute atomic E-state index is 12.0. The third-order valence-corrected chi connectivity index (χ3v) is 3.84. The highest BCUT2D eigenvalue weighted by Crippen LogP contribution is 2.13. The minimum absolute atomic E-state index is 0.221. The molecule has 0 spiro atoms. The second kappa shape index (κ2) is 5.62. The minimum atomic E-state index is -3.63. The molecule has 1 heterocycles. The third kappa shape index (κ3) is 3.38. The summed E-state index contributed by atoms with van der Waals surface area (Å²) in [5, 5.41) is 3.73. The van der Waals surface area contributed by atoms with E-state index in [9.17, 15) is 8.42 Å². The SMILES string of the molecule is Cc1ccccc1S(=O)(=O)NN=Cc1cccnc1. The maximum atomic E-state index is 12.0. The molecule has 0 aliphatic rings. The average Bonchev–Trinajstić information content (AvgIpc) is 2.40. The quantitative estimate of drug-likeness (QED) is 0.682. The van der Waals surface area contributed by atoms with Crippen LogP contribution in [0.2, 0.25) is 0 Å². The van der Waals surface area contributed by atoms with Gasteiger partial charge >= 0.3 is 0 Å². The van der Waals surface area contributed by atoms with E-state index >= 15 is 0 Å². The zero-order valence-electron chi connectivity index (χ0n) is 10.3. The largest absolute Gasteiger partial charge is 0.276 e. The number of aryl methyl sites for hydroxylation is 1. The topological polar surface area (TPSA) is 71.4 Å². The molecule has 1 aromatic heterocycles. The van der Waals surface area contributed by atoms with Crippen LogP contribution in [0.25, 0.3) is 0 Å². The van der Waals surface area contributed by atoms with Gasteiger partial charge in [0.05, 0.1) is 11.1 Å². The number of rotatable bonds is 4. The highest BCUT2D eigenvalue weighted by atomic mass is 32.2. The number of hydrogen-bond donors (Lipinski definition) is 1. The maximum Gasteiger partial charge on any atom is 0.276 e. The van der Waals surface area contributed by atoms with E-state index in [1.807, 2.05) is 0 Å². The average molecular weight is 275 g/mol. The van der Waals surface area contributed by atoms with Crippen LogP contribution in [0.3, 0.4) is 0 Å². The Morgan fingerprint density at radius 1 is 1.21 bits per heavy atom. The Kier molecular flexibility index (Phi) is 3.91. The van der Waals surface area contributed by atoms with Gasteiger partial charge in [-0.15, -0.1) is 0 Å². The van der Waals surface area contributed by atoms with Crippen LogP contribution in [0.5, 0.6) is 0 Å². The van der Waals surface area contributed by atoms with Crippen LogP contribution in [-0.4, -0.2) is 19.6 Å². The number of nitrogens with one attached hydrogen (secondary N) is 1. The number of aromatic nitrogens is 1. The van der Waals surface area contributed by atoms with E-state index in [1.54, 1.807) is 49.6 Å². The van der Waals surface area contributed by atoms with Crippen LogP contribution in [-0.2, 0) is 10.0 Å². The zero-order valence-corrected chi connectivity index (χ0v) is 11.1. The van der Waals surface area contributed by atoms with Gasteiger partial charge in [0.25, 0.3) is 10.0 Å². The molecular weight excluding hydrogens is 262 g/mol. The summed E-state index contributed by atoms with van der Waals surface area (Å²) in [6.45, 7) is 1.74. The van der Waals surface area contributed by atoms with Crippen molar-refractivity contribution in [2.75, 3.05) is 0 Å². The van der Waals surface area contributed by atoms with Gasteiger partial charge < -0.3 is 0 Å². The number of sulfonamides is 1. The van der Waals surface area contributed by atoms with Gasteiger partial charge in [-0.1, -0.05) is 24.3 Å². The standard InChI is InChI=1S/C13H13N3O2S/c1-11-5-2-3-7-13(11)19(17,18)16-15-10-12-6-4-8-14-9-12/h2-10,16H,1H3. The highest BCUT2D eigenvalue weighted by molar-refractivity contribution is 7.89. The smallest absolute Gasteiger partial charge is 0.264 e. The number of nitrogens with zero attached hydrogens (tertiary/aromatic N) is 2. The van der Waals surface area contributed by atoms with Gasteiger partial charge in [-0.25, -0.2) is 4.83 Å². The molecule has 1 N–H and O–H groups in total. The highest BCUT2D eigenvalue weighted by Gasteiger charge is 2.14. The molecule has 1 aromatic carbocycles. The molecule has 0 saturated carbocycles. The van der Waals surface area contributed by atoms with Crippen molar-refractivity contribution >= 4 is 16.2 Å². The van der Waals surface area contributed by atoms with E-state index in [0.29, 0.717) is 5.56 Å². The Hall–Kier alpha value is -2.21. The third-order valence-electron chi connectivity index (χ3n) is 2.45. The van der Waals surface area contributed by atoms with Crippen molar-refractivity contribution in [1.82, 2.24) is 9.82 Å². The van der Waals surface area contributed by atoms with Gasteiger partial charge in [0.2, 0.25) is 0 Å². The molecule has 5 nitrogen and oxygen atoms in total. The zero-order chi connectivity index (χ0) is 13.7. The first-order chi connectivity index (χ1) is 9.09. The van der Waals surface area contributed by atoms with Crippen LogP contribution in [0.15, 0.2) is 58.8 Å². The Morgan fingerprint density at radius 3 is 2.68 bits per heavy atom. The van der Waals surface area contributed by atoms with E-state index < -0.39 is 10.0 Å². The molecule has 0 aliphatic heterocycles. The molecule has 0 bridgehead atoms. The first-order valence-electron chi connectivity index (χ1n) is 5.60. The van der Waals surface area contributed by atoms with Gasteiger partial charge in [-0.3, -0.25) is 4.98 Å². The first-order valence-corrected chi connectivity index (χ1v) is 7.08. The summed E-state index contributed by atoms with van der Waals surface area (Å²) in [5.41, 5.74) is 1.39. The van der Waals surface area contributed by atoms with Crippen LogP contribution in [0.4, 0.5) is 0 Å². The number of hydrogen-bond acceptors (Lipinski definition) is 4. The Labute approximate surface area is 112 Å². The van der Waals surface area contributed by atoms with Crippen molar-refractivity contribution in [2.45, 2.75) is 11.8 Å². The summed E-state index contributed by atoms with van der Waals surface area (Å²) in [6, 6.07) is 10.3. The van der Waals surface area contributed by atoms with Gasteiger partial charge in [0.15, 0.2) is 0 Å². The summed E-state index contributed by atoms with van der Waals surface area (Å²) in [7, 11) is -3.63. The van der Waals surface area contributed by atoms with Crippen LogP contribution < -0.4 is 4.83 Å². The van der Waals surface area contributed by atoms with Crippen LogP contribution in [0.1, 0.15) is 11.1 Å². The molecule has 0 saturated heterocycles. The van der Waals surface area contributed by atoms with Crippen LogP contribution in [0, 0.1) is 6.92 Å². The Bertz CT molecular complexity index is 682. The predicted molar refractivity (Wildman–Crippen MR) is 73.3 cm³/mol. The lowest BCUT2D eigenvalue weighted by Crippen LogP contribution is -2.19. The van der Waals surface area contributed by atoms with E-state index in [-0.39, 0.29) is 4.90 Å². The monoisotopic (exact) mass is 275 g/mol. The van der Waals surface area contributed by atoms with Crippen molar-refractivity contribution < 1.29 is 8.42 Å². The molecule has 0 atom stereocenters.